The summed E-state index contributed by atoms with van der Waals surface area (Å²) in [5.74, 6) is 1.48. The van der Waals surface area contributed by atoms with Crippen LogP contribution in [0.5, 0.6) is 0 Å². The Bertz CT molecular complexity index is 514. The summed E-state index contributed by atoms with van der Waals surface area (Å²) in [5.41, 5.74) is 1.15. The molecule has 0 amide bonds. The highest BCUT2D eigenvalue weighted by Crippen LogP contribution is 2.36. The Labute approximate surface area is 138 Å². The number of ether oxygens (including phenoxy) is 2. The maximum absolute atomic E-state index is 10.6. The van der Waals surface area contributed by atoms with Crippen LogP contribution in [0.2, 0.25) is 0 Å². The zero-order valence-electron chi connectivity index (χ0n) is 14.4. The Morgan fingerprint density at radius 1 is 1.13 bits per heavy atom. The number of rotatable bonds is 6. The molecule has 0 aromatic heterocycles. The fourth-order valence-corrected chi connectivity index (χ4v) is 3.22. The molecule has 0 N–H and O–H groups in total. The number of nitro benzene ring substituents is 1. The van der Waals surface area contributed by atoms with E-state index in [4.69, 9.17) is 9.47 Å². The normalized spacial score (nSPS) is 31.0. The first kappa shape index (κ1) is 17.9. The van der Waals surface area contributed by atoms with E-state index in [0.29, 0.717) is 24.4 Å². The lowest BCUT2D eigenvalue weighted by Crippen LogP contribution is -2.45. The maximum atomic E-state index is 10.6. The Morgan fingerprint density at radius 2 is 1.78 bits per heavy atom. The lowest BCUT2D eigenvalue weighted by molar-refractivity contribution is -0.384. The van der Waals surface area contributed by atoms with E-state index < -0.39 is 0 Å². The van der Waals surface area contributed by atoms with E-state index in [2.05, 4.69) is 27.7 Å². The fraction of sp³-hybridized carbons (Fsp3) is 0.667. The molecule has 0 bridgehead atoms. The Hall–Kier alpha value is -1.46. The van der Waals surface area contributed by atoms with Gasteiger partial charge in [-0.25, -0.2) is 0 Å². The van der Waals surface area contributed by atoms with Gasteiger partial charge in [-0.3, -0.25) is 10.1 Å². The van der Waals surface area contributed by atoms with Crippen molar-refractivity contribution in [1.29, 1.82) is 0 Å². The molecule has 23 heavy (non-hydrogen) atoms. The molecule has 5 atom stereocenters. The van der Waals surface area contributed by atoms with Crippen molar-refractivity contribution in [1.82, 2.24) is 0 Å². The van der Waals surface area contributed by atoms with Crippen LogP contribution in [0.4, 0.5) is 5.69 Å². The van der Waals surface area contributed by atoms with Gasteiger partial charge in [0, 0.05) is 18.1 Å². The molecule has 0 spiro atoms. The van der Waals surface area contributed by atoms with Crippen molar-refractivity contribution >= 4 is 5.69 Å². The smallest absolute Gasteiger partial charge is 0.269 e. The molecule has 5 heteroatoms. The lowest BCUT2D eigenvalue weighted by atomic mass is 9.78. The summed E-state index contributed by atoms with van der Waals surface area (Å²) in [4.78, 5) is 10.3. The standard InChI is InChI=1S/C18H27NO4/c1-5-17-13(3)12(2)14(4)18(23-17)22-11-10-15-6-8-16(9-7-15)19(20)21/h6-9,12-14,17-18H,5,10-11H2,1-4H3. The van der Waals surface area contributed by atoms with Crippen molar-refractivity contribution in [2.75, 3.05) is 6.61 Å². The van der Waals surface area contributed by atoms with Crippen LogP contribution in [-0.4, -0.2) is 23.9 Å². The third-order valence-corrected chi connectivity index (χ3v) is 5.21. The van der Waals surface area contributed by atoms with Crippen LogP contribution < -0.4 is 0 Å². The first-order chi connectivity index (χ1) is 10.9. The van der Waals surface area contributed by atoms with E-state index in [1.807, 2.05) is 0 Å². The van der Waals surface area contributed by atoms with E-state index in [0.717, 1.165) is 18.4 Å². The number of nitro groups is 1. The van der Waals surface area contributed by atoms with Gasteiger partial charge in [0.1, 0.15) is 0 Å². The number of nitrogens with zero attached hydrogens (tertiary/aromatic N) is 1. The van der Waals surface area contributed by atoms with Gasteiger partial charge in [0.15, 0.2) is 6.29 Å². The topological polar surface area (TPSA) is 61.6 Å². The molecular weight excluding hydrogens is 294 g/mol. The second-order valence-corrected chi connectivity index (χ2v) is 6.57. The number of hydrogen-bond donors (Lipinski definition) is 0. The molecule has 5 unspecified atom stereocenters. The first-order valence-corrected chi connectivity index (χ1v) is 8.44. The summed E-state index contributed by atoms with van der Waals surface area (Å²) in [7, 11) is 0. The van der Waals surface area contributed by atoms with E-state index in [1.54, 1.807) is 12.1 Å². The fourth-order valence-electron chi connectivity index (χ4n) is 3.22. The van der Waals surface area contributed by atoms with Gasteiger partial charge in [-0.15, -0.1) is 0 Å². The van der Waals surface area contributed by atoms with Crippen LogP contribution >= 0.6 is 0 Å². The summed E-state index contributed by atoms with van der Waals surface area (Å²) in [5, 5.41) is 10.6. The molecule has 1 fully saturated rings. The lowest BCUT2D eigenvalue weighted by Gasteiger charge is -2.43. The predicted molar refractivity (Wildman–Crippen MR) is 89.2 cm³/mol. The average molecular weight is 321 g/mol. The number of benzene rings is 1. The van der Waals surface area contributed by atoms with Gasteiger partial charge in [-0.2, -0.15) is 0 Å². The molecule has 0 radical (unpaired) electrons. The van der Waals surface area contributed by atoms with Crippen LogP contribution in [-0.2, 0) is 15.9 Å². The van der Waals surface area contributed by atoms with Crippen LogP contribution in [0.25, 0.3) is 0 Å². The van der Waals surface area contributed by atoms with Crippen LogP contribution in [0.15, 0.2) is 24.3 Å². The van der Waals surface area contributed by atoms with Crippen molar-refractivity contribution in [2.24, 2.45) is 17.8 Å². The molecule has 1 aliphatic rings. The molecule has 1 aromatic carbocycles. The molecule has 1 heterocycles. The van der Waals surface area contributed by atoms with Crippen molar-refractivity contribution < 1.29 is 14.4 Å². The van der Waals surface area contributed by atoms with E-state index in [1.165, 1.54) is 12.1 Å². The van der Waals surface area contributed by atoms with Gasteiger partial charge in [-0.1, -0.05) is 39.8 Å². The molecule has 2 rings (SSSR count). The summed E-state index contributed by atoms with van der Waals surface area (Å²) < 4.78 is 12.1. The third-order valence-electron chi connectivity index (χ3n) is 5.21. The minimum Gasteiger partial charge on any atom is -0.352 e. The van der Waals surface area contributed by atoms with E-state index >= 15 is 0 Å². The summed E-state index contributed by atoms with van der Waals surface area (Å²) >= 11 is 0. The number of non-ortho nitro benzene ring substituents is 1. The quantitative estimate of drug-likeness (QED) is 0.582. The second kappa shape index (κ2) is 7.88. The highest BCUT2D eigenvalue weighted by molar-refractivity contribution is 5.32. The second-order valence-electron chi connectivity index (χ2n) is 6.57. The molecule has 1 aliphatic heterocycles. The van der Waals surface area contributed by atoms with E-state index in [9.17, 15) is 10.1 Å². The minimum absolute atomic E-state index is 0.118. The van der Waals surface area contributed by atoms with Gasteiger partial charge < -0.3 is 9.47 Å². The predicted octanol–water partition coefficient (Wildman–Crippen LogP) is 4.20. The minimum atomic E-state index is -0.384. The molecule has 128 valence electrons. The molecule has 1 saturated heterocycles. The SMILES string of the molecule is CCC1OC(OCCc2ccc([N+](=O)[O-])cc2)C(C)C(C)C1C. The summed E-state index contributed by atoms with van der Waals surface area (Å²) in [6.07, 6.45) is 1.82. The zero-order chi connectivity index (χ0) is 17.0. The monoisotopic (exact) mass is 321 g/mol. The van der Waals surface area contributed by atoms with Gasteiger partial charge >= 0.3 is 0 Å². The molecule has 0 aliphatic carbocycles. The number of hydrogen-bond acceptors (Lipinski definition) is 4. The highest BCUT2D eigenvalue weighted by Gasteiger charge is 2.38. The average Bonchev–Trinajstić information content (AvgIpc) is 2.55. The molecule has 1 aromatic rings. The van der Waals surface area contributed by atoms with Gasteiger partial charge in [0.2, 0.25) is 0 Å². The third kappa shape index (κ3) is 4.30. The summed E-state index contributed by atoms with van der Waals surface area (Å²) in [6, 6.07) is 6.64. The maximum Gasteiger partial charge on any atom is 0.269 e. The van der Waals surface area contributed by atoms with Crippen LogP contribution in [0, 0.1) is 27.9 Å². The first-order valence-electron chi connectivity index (χ1n) is 8.44. The zero-order valence-corrected chi connectivity index (χ0v) is 14.4. The van der Waals surface area contributed by atoms with Crippen LogP contribution in [0.1, 0.15) is 39.7 Å². The van der Waals surface area contributed by atoms with Gasteiger partial charge in [-0.05, 0) is 30.2 Å². The summed E-state index contributed by atoms with van der Waals surface area (Å²) in [6.45, 7) is 9.42. The van der Waals surface area contributed by atoms with Crippen molar-refractivity contribution in [2.45, 2.75) is 52.9 Å². The van der Waals surface area contributed by atoms with Crippen molar-refractivity contribution in [3.05, 3.63) is 39.9 Å². The highest BCUT2D eigenvalue weighted by atomic mass is 16.7. The Morgan fingerprint density at radius 3 is 2.35 bits per heavy atom. The Kier molecular flexibility index (Phi) is 6.13. The van der Waals surface area contributed by atoms with Crippen molar-refractivity contribution in [3.63, 3.8) is 0 Å². The van der Waals surface area contributed by atoms with Crippen molar-refractivity contribution in [3.8, 4) is 0 Å². The van der Waals surface area contributed by atoms with Gasteiger partial charge in [0.25, 0.3) is 5.69 Å². The van der Waals surface area contributed by atoms with E-state index in [-0.39, 0.29) is 23.0 Å². The molecule has 0 saturated carbocycles. The molecule has 5 nitrogen and oxygen atoms in total. The van der Waals surface area contributed by atoms with Gasteiger partial charge in [0.05, 0.1) is 17.6 Å². The Balaban J connectivity index is 1.86. The largest absolute Gasteiger partial charge is 0.352 e. The molecular formula is C18H27NO4. The van der Waals surface area contributed by atoms with Crippen LogP contribution in [0.3, 0.4) is 0 Å².